The van der Waals surface area contributed by atoms with Gasteiger partial charge in [-0.15, -0.1) is 0 Å². The minimum atomic E-state index is -0.0577. The van der Waals surface area contributed by atoms with Gasteiger partial charge < -0.3 is 14.8 Å². The highest BCUT2D eigenvalue weighted by Gasteiger charge is 2.27. The minimum Gasteiger partial charge on any atom is -0.381 e. The Bertz CT molecular complexity index is 546. The molecule has 1 aromatic heterocycles. The van der Waals surface area contributed by atoms with Crippen molar-refractivity contribution in [3.05, 3.63) is 29.6 Å². The van der Waals surface area contributed by atoms with Crippen LogP contribution >= 0.6 is 0 Å². The molecule has 0 aromatic carbocycles. The van der Waals surface area contributed by atoms with Crippen molar-refractivity contribution in [2.75, 3.05) is 39.5 Å². The molecule has 6 heteroatoms. The van der Waals surface area contributed by atoms with Gasteiger partial charge in [0.1, 0.15) is 0 Å². The number of aromatic nitrogens is 1. The van der Waals surface area contributed by atoms with Crippen molar-refractivity contribution in [3.8, 4) is 0 Å². The first kappa shape index (κ1) is 17.3. The van der Waals surface area contributed by atoms with Crippen LogP contribution in [0.5, 0.6) is 0 Å². The number of ether oxygens (including phenoxy) is 2. The van der Waals surface area contributed by atoms with Gasteiger partial charge in [0, 0.05) is 51.3 Å². The van der Waals surface area contributed by atoms with Gasteiger partial charge in [-0.3, -0.25) is 14.7 Å². The SMILES string of the molecule is Cc1ccncc1C(=O)NCC[C@@H]1CN(C2CCOCC2)CCO1. The van der Waals surface area contributed by atoms with E-state index in [1.807, 2.05) is 13.0 Å². The third-order valence-corrected chi connectivity index (χ3v) is 4.91. The number of nitrogens with one attached hydrogen (secondary N) is 1. The van der Waals surface area contributed by atoms with Gasteiger partial charge in [0.15, 0.2) is 0 Å². The lowest BCUT2D eigenvalue weighted by Crippen LogP contribution is -2.50. The third kappa shape index (κ3) is 4.53. The van der Waals surface area contributed by atoms with Crippen LogP contribution in [0.3, 0.4) is 0 Å². The van der Waals surface area contributed by atoms with E-state index in [2.05, 4.69) is 15.2 Å². The number of pyridine rings is 1. The Morgan fingerprint density at radius 2 is 2.21 bits per heavy atom. The molecule has 2 fully saturated rings. The molecule has 0 radical (unpaired) electrons. The molecule has 0 aliphatic carbocycles. The highest BCUT2D eigenvalue weighted by molar-refractivity contribution is 5.95. The number of amides is 1. The van der Waals surface area contributed by atoms with Crippen molar-refractivity contribution >= 4 is 5.91 Å². The predicted octanol–water partition coefficient (Wildman–Crippen LogP) is 1.39. The summed E-state index contributed by atoms with van der Waals surface area (Å²) in [5.74, 6) is -0.0577. The fraction of sp³-hybridized carbons (Fsp3) is 0.667. The van der Waals surface area contributed by atoms with E-state index in [-0.39, 0.29) is 12.0 Å². The highest BCUT2D eigenvalue weighted by Crippen LogP contribution is 2.18. The summed E-state index contributed by atoms with van der Waals surface area (Å²) in [7, 11) is 0. The molecule has 2 saturated heterocycles. The maximum absolute atomic E-state index is 12.2. The van der Waals surface area contributed by atoms with Crippen molar-refractivity contribution in [2.24, 2.45) is 0 Å². The number of carbonyl (C=O) groups is 1. The fourth-order valence-corrected chi connectivity index (χ4v) is 3.44. The number of hydrogen-bond acceptors (Lipinski definition) is 5. The first-order valence-electron chi connectivity index (χ1n) is 8.86. The van der Waals surface area contributed by atoms with Gasteiger partial charge in [-0.25, -0.2) is 0 Å². The van der Waals surface area contributed by atoms with Gasteiger partial charge in [-0.05, 0) is 37.8 Å². The summed E-state index contributed by atoms with van der Waals surface area (Å²) in [5.41, 5.74) is 1.59. The summed E-state index contributed by atoms with van der Waals surface area (Å²) in [6, 6.07) is 2.48. The van der Waals surface area contributed by atoms with E-state index in [0.29, 0.717) is 18.2 Å². The molecule has 2 aliphatic rings. The Hall–Kier alpha value is -1.50. The molecule has 3 rings (SSSR count). The van der Waals surface area contributed by atoms with E-state index in [4.69, 9.17) is 9.47 Å². The minimum absolute atomic E-state index is 0.0577. The van der Waals surface area contributed by atoms with Crippen molar-refractivity contribution in [3.63, 3.8) is 0 Å². The van der Waals surface area contributed by atoms with Gasteiger partial charge >= 0.3 is 0 Å². The average Bonchev–Trinajstić information content (AvgIpc) is 2.63. The van der Waals surface area contributed by atoms with E-state index >= 15 is 0 Å². The molecule has 0 unspecified atom stereocenters. The number of hydrogen-bond donors (Lipinski definition) is 1. The van der Waals surface area contributed by atoms with Crippen LogP contribution in [-0.2, 0) is 9.47 Å². The Morgan fingerprint density at radius 1 is 1.38 bits per heavy atom. The second kappa shape index (κ2) is 8.55. The second-order valence-corrected chi connectivity index (χ2v) is 6.57. The van der Waals surface area contributed by atoms with Crippen molar-refractivity contribution in [1.82, 2.24) is 15.2 Å². The molecule has 132 valence electrons. The molecule has 2 aliphatic heterocycles. The Kier molecular flexibility index (Phi) is 6.18. The van der Waals surface area contributed by atoms with Crippen LogP contribution in [0.2, 0.25) is 0 Å². The van der Waals surface area contributed by atoms with Crippen LogP contribution < -0.4 is 5.32 Å². The zero-order chi connectivity index (χ0) is 16.8. The summed E-state index contributed by atoms with van der Waals surface area (Å²) in [6.07, 6.45) is 6.58. The second-order valence-electron chi connectivity index (χ2n) is 6.57. The zero-order valence-corrected chi connectivity index (χ0v) is 14.4. The van der Waals surface area contributed by atoms with E-state index in [1.54, 1.807) is 12.4 Å². The largest absolute Gasteiger partial charge is 0.381 e. The van der Waals surface area contributed by atoms with Crippen LogP contribution in [0.1, 0.15) is 35.2 Å². The lowest BCUT2D eigenvalue weighted by atomic mass is 10.0. The van der Waals surface area contributed by atoms with Crippen molar-refractivity contribution in [2.45, 2.75) is 38.3 Å². The van der Waals surface area contributed by atoms with Gasteiger partial charge in [-0.1, -0.05) is 0 Å². The molecular formula is C18H27N3O3. The smallest absolute Gasteiger partial charge is 0.253 e. The Balaban J connectivity index is 1.43. The topological polar surface area (TPSA) is 63.7 Å². The van der Waals surface area contributed by atoms with Crippen LogP contribution in [0.25, 0.3) is 0 Å². The number of nitrogens with zero attached hydrogens (tertiary/aromatic N) is 2. The van der Waals surface area contributed by atoms with Crippen molar-refractivity contribution < 1.29 is 14.3 Å². The lowest BCUT2D eigenvalue weighted by molar-refractivity contribution is -0.0636. The fourth-order valence-electron chi connectivity index (χ4n) is 3.44. The molecule has 1 N–H and O–H groups in total. The third-order valence-electron chi connectivity index (χ3n) is 4.91. The number of rotatable bonds is 5. The summed E-state index contributed by atoms with van der Waals surface area (Å²) in [5, 5.41) is 2.98. The molecule has 24 heavy (non-hydrogen) atoms. The number of carbonyl (C=O) groups excluding carboxylic acids is 1. The predicted molar refractivity (Wildman–Crippen MR) is 91.1 cm³/mol. The van der Waals surface area contributed by atoms with Gasteiger partial charge in [0.25, 0.3) is 5.91 Å². The monoisotopic (exact) mass is 333 g/mol. The average molecular weight is 333 g/mol. The summed E-state index contributed by atoms with van der Waals surface area (Å²) < 4.78 is 11.3. The van der Waals surface area contributed by atoms with Gasteiger partial charge in [0.2, 0.25) is 0 Å². The van der Waals surface area contributed by atoms with Crippen LogP contribution in [0.4, 0.5) is 0 Å². The van der Waals surface area contributed by atoms with Gasteiger partial charge in [-0.2, -0.15) is 0 Å². The maximum Gasteiger partial charge on any atom is 0.253 e. The van der Waals surface area contributed by atoms with E-state index < -0.39 is 0 Å². The molecule has 6 nitrogen and oxygen atoms in total. The molecule has 0 spiro atoms. The van der Waals surface area contributed by atoms with E-state index in [0.717, 1.165) is 57.7 Å². The summed E-state index contributed by atoms with van der Waals surface area (Å²) in [6.45, 7) is 7.01. The Morgan fingerprint density at radius 3 is 3.00 bits per heavy atom. The molecule has 1 atom stereocenters. The normalized spacial score (nSPS) is 23.1. The van der Waals surface area contributed by atoms with E-state index in [1.165, 1.54) is 0 Å². The molecule has 1 amide bonds. The molecule has 0 saturated carbocycles. The highest BCUT2D eigenvalue weighted by atomic mass is 16.5. The zero-order valence-electron chi connectivity index (χ0n) is 14.4. The summed E-state index contributed by atoms with van der Waals surface area (Å²) in [4.78, 5) is 18.8. The molecule has 3 heterocycles. The van der Waals surface area contributed by atoms with E-state index in [9.17, 15) is 4.79 Å². The number of morpholine rings is 1. The first-order chi connectivity index (χ1) is 11.7. The van der Waals surface area contributed by atoms with Gasteiger partial charge in [0.05, 0.1) is 18.3 Å². The standard InChI is InChI=1S/C18H27N3O3/c1-14-2-6-19-12-17(14)18(22)20-7-3-16-13-21(8-11-24-16)15-4-9-23-10-5-15/h2,6,12,15-16H,3-5,7-11,13H2,1H3,(H,20,22)/t16-/m1/s1. The molecule has 1 aromatic rings. The molecular weight excluding hydrogens is 306 g/mol. The van der Waals surface area contributed by atoms with Crippen molar-refractivity contribution in [1.29, 1.82) is 0 Å². The van der Waals surface area contributed by atoms with Crippen LogP contribution in [-0.4, -0.2) is 67.4 Å². The summed E-state index contributed by atoms with van der Waals surface area (Å²) >= 11 is 0. The molecule has 0 bridgehead atoms. The number of aryl methyl sites for hydroxylation is 1. The quantitative estimate of drug-likeness (QED) is 0.882. The Labute approximate surface area is 143 Å². The van der Waals surface area contributed by atoms with Crippen LogP contribution in [0, 0.1) is 6.92 Å². The first-order valence-corrected chi connectivity index (χ1v) is 8.86. The van der Waals surface area contributed by atoms with Crippen LogP contribution in [0.15, 0.2) is 18.5 Å². The lowest BCUT2D eigenvalue weighted by Gasteiger charge is -2.39. The maximum atomic E-state index is 12.2.